The normalized spacial score (nSPS) is 19.2. The Hall–Kier alpha value is -4.16. The first-order valence-electron chi connectivity index (χ1n) is 12.5. The van der Waals surface area contributed by atoms with Gasteiger partial charge in [-0.3, -0.25) is 9.59 Å². The van der Waals surface area contributed by atoms with Crippen LogP contribution in [0.3, 0.4) is 0 Å². The van der Waals surface area contributed by atoms with Crippen LogP contribution in [0, 0.1) is 0 Å². The van der Waals surface area contributed by atoms with Crippen LogP contribution in [0.1, 0.15) is 37.6 Å². The summed E-state index contributed by atoms with van der Waals surface area (Å²) in [6.07, 6.45) is -0.589. The van der Waals surface area contributed by atoms with Gasteiger partial charge in [-0.2, -0.15) is 0 Å². The molecule has 0 radical (unpaired) electrons. The smallest absolute Gasteiger partial charge is 0.419 e. The molecule has 2 aromatic rings. The highest BCUT2D eigenvalue weighted by molar-refractivity contribution is 6.03. The average Bonchev–Trinajstić information content (AvgIpc) is 3.51. The van der Waals surface area contributed by atoms with E-state index in [9.17, 15) is 24.3 Å². The fourth-order valence-corrected chi connectivity index (χ4v) is 4.79. The standard InChI is InChI=1S/C27H29N3O9/c1-26(2,3)39-25(35)30-17-6-4-5-7-20(17)38-21-12-16(8-9-18(21)30)23(32)28-14-22(31)29-15-27(36-10-11-37-27)13-19(29)24(33)34/h4-9,12,19H,10-11,13-15H2,1-3H3,(H,28,32)(H,33,34)/t19-/m0/s1. The molecule has 2 aromatic carbocycles. The minimum Gasteiger partial charge on any atom is -0.480 e. The molecule has 3 heterocycles. The summed E-state index contributed by atoms with van der Waals surface area (Å²) in [5, 5.41) is 12.1. The van der Waals surface area contributed by atoms with Crippen molar-refractivity contribution in [3.63, 3.8) is 0 Å². The molecule has 12 nitrogen and oxygen atoms in total. The summed E-state index contributed by atoms with van der Waals surface area (Å²) in [5.74, 6) is -2.80. The van der Waals surface area contributed by atoms with Gasteiger partial charge in [0.2, 0.25) is 5.91 Å². The van der Waals surface area contributed by atoms with Crippen LogP contribution < -0.4 is 15.0 Å². The Morgan fingerprint density at radius 1 is 1.05 bits per heavy atom. The zero-order valence-electron chi connectivity index (χ0n) is 21.8. The lowest BCUT2D eigenvalue weighted by atomic mass is 10.1. The molecule has 1 spiro atoms. The van der Waals surface area contributed by atoms with Crippen LogP contribution in [0.5, 0.6) is 11.5 Å². The van der Waals surface area contributed by atoms with Crippen LogP contribution in [0.25, 0.3) is 0 Å². The van der Waals surface area contributed by atoms with E-state index in [2.05, 4.69) is 5.32 Å². The van der Waals surface area contributed by atoms with Crippen molar-refractivity contribution >= 4 is 35.3 Å². The van der Waals surface area contributed by atoms with Gasteiger partial charge < -0.3 is 34.3 Å². The number of carboxylic acid groups (broad SMARTS) is 1. The van der Waals surface area contributed by atoms with Gasteiger partial charge in [-0.25, -0.2) is 14.5 Å². The fourth-order valence-electron chi connectivity index (χ4n) is 4.79. The largest absolute Gasteiger partial charge is 0.480 e. The Morgan fingerprint density at radius 3 is 2.44 bits per heavy atom. The Bertz CT molecular complexity index is 1330. The summed E-state index contributed by atoms with van der Waals surface area (Å²) < 4.78 is 22.7. The molecule has 0 saturated carbocycles. The number of hydrogen-bond donors (Lipinski definition) is 2. The topological polar surface area (TPSA) is 144 Å². The average molecular weight is 540 g/mol. The summed E-state index contributed by atoms with van der Waals surface area (Å²) >= 11 is 0. The third-order valence-electron chi connectivity index (χ3n) is 6.48. The lowest BCUT2D eigenvalue weighted by Crippen LogP contribution is -2.46. The number of likely N-dealkylation sites (tertiary alicyclic amines) is 1. The maximum Gasteiger partial charge on any atom is 0.419 e. The number of carboxylic acids is 1. The van der Waals surface area contributed by atoms with Gasteiger partial charge in [0.15, 0.2) is 17.3 Å². The highest BCUT2D eigenvalue weighted by atomic mass is 16.7. The Labute approximate surface area is 224 Å². The molecular weight excluding hydrogens is 510 g/mol. The Balaban J connectivity index is 1.31. The van der Waals surface area contributed by atoms with Gasteiger partial charge in [0.05, 0.1) is 37.7 Å². The van der Waals surface area contributed by atoms with Crippen molar-refractivity contribution in [1.29, 1.82) is 0 Å². The van der Waals surface area contributed by atoms with E-state index in [1.54, 1.807) is 51.1 Å². The number of anilines is 2. The fraction of sp³-hybridized carbons (Fsp3) is 0.407. The molecule has 0 bridgehead atoms. The molecule has 3 amide bonds. The Morgan fingerprint density at radius 2 is 1.74 bits per heavy atom. The molecule has 2 fully saturated rings. The third kappa shape index (κ3) is 5.25. The number of hydrogen-bond acceptors (Lipinski definition) is 8. The molecule has 0 aliphatic carbocycles. The number of para-hydroxylation sites is 2. The Kier molecular flexibility index (Phi) is 6.69. The number of nitrogens with zero attached hydrogens (tertiary/aromatic N) is 2. The lowest BCUT2D eigenvalue weighted by Gasteiger charge is -2.32. The van der Waals surface area contributed by atoms with Crippen LogP contribution in [-0.2, 0) is 23.8 Å². The SMILES string of the molecule is CC(C)(C)OC(=O)N1c2ccccc2Oc2cc(C(=O)NCC(=O)N3CC4(C[C@H]3C(=O)O)OCCO4)ccc21. The van der Waals surface area contributed by atoms with E-state index in [1.807, 2.05) is 0 Å². The second-order valence-corrected chi connectivity index (χ2v) is 10.4. The van der Waals surface area contributed by atoms with Crippen molar-refractivity contribution in [3.05, 3.63) is 48.0 Å². The second-order valence-electron chi connectivity index (χ2n) is 10.4. The maximum atomic E-state index is 13.1. The van der Waals surface area contributed by atoms with E-state index >= 15 is 0 Å². The number of rotatable bonds is 4. The van der Waals surface area contributed by atoms with E-state index in [4.69, 9.17) is 18.9 Å². The van der Waals surface area contributed by atoms with Crippen LogP contribution in [0.2, 0.25) is 0 Å². The molecule has 0 unspecified atom stereocenters. The van der Waals surface area contributed by atoms with Crippen LogP contribution in [0.4, 0.5) is 16.2 Å². The minimum absolute atomic E-state index is 0.0137. The van der Waals surface area contributed by atoms with Gasteiger partial charge >= 0.3 is 12.1 Å². The van der Waals surface area contributed by atoms with Crippen molar-refractivity contribution in [3.8, 4) is 11.5 Å². The van der Waals surface area contributed by atoms with Crippen molar-refractivity contribution < 1.29 is 43.2 Å². The first-order chi connectivity index (χ1) is 18.5. The van der Waals surface area contributed by atoms with Gasteiger partial charge in [-0.15, -0.1) is 0 Å². The van der Waals surface area contributed by atoms with E-state index in [0.29, 0.717) is 30.3 Å². The molecule has 1 atom stereocenters. The molecule has 5 rings (SSSR count). The van der Waals surface area contributed by atoms with E-state index < -0.39 is 47.9 Å². The molecular formula is C27H29N3O9. The molecule has 3 aliphatic heterocycles. The monoisotopic (exact) mass is 539 g/mol. The molecule has 2 saturated heterocycles. The number of nitrogens with one attached hydrogen (secondary N) is 1. The summed E-state index contributed by atoms with van der Waals surface area (Å²) in [6.45, 7) is 5.47. The van der Waals surface area contributed by atoms with Crippen molar-refractivity contribution in [2.45, 2.75) is 44.6 Å². The van der Waals surface area contributed by atoms with Crippen LogP contribution in [0.15, 0.2) is 42.5 Å². The molecule has 2 N–H and O–H groups in total. The number of ether oxygens (including phenoxy) is 4. The van der Waals surface area contributed by atoms with Gasteiger partial charge in [0.1, 0.15) is 11.6 Å². The van der Waals surface area contributed by atoms with Crippen molar-refractivity contribution in [2.24, 2.45) is 0 Å². The summed E-state index contributed by atoms with van der Waals surface area (Å²) in [4.78, 5) is 53.2. The summed E-state index contributed by atoms with van der Waals surface area (Å²) in [5.41, 5.74) is 0.328. The number of carbonyl (C=O) groups excluding carboxylic acids is 3. The van der Waals surface area contributed by atoms with Crippen LogP contribution in [-0.4, -0.2) is 77.6 Å². The van der Waals surface area contributed by atoms with Gasteiger partial charge in [0, 0.05) is 12.0 Å². The number of benzene rings is 2. The van der Waals surface area contributed by atoms with E-state index in [1.165, 1.54) is 17.0 Å². The zero-order valence-corrected chi connectivity index (χ0v) is 21.8. The molecule has 0 aromatic heterocycles. The first-order valence-corrected chi connectivity index (χ1v) is 12.5. The summed E-state index contributed by atoms with van der Waals surface area (Å²) in [6, 6.07) is 10.4. The molecule has 206 valence electrons. The predicted octanol–water partition coefficient (Wildman–Crippen LogP) is 3.02. The minimum atomic E-state index is -1.17. The van der Waals surface area contributed by atoms with Gasteiger partial charge in [-0.1, -0.05) is 12.1 Å². The first kappa shape index (κ1) is 26.4. The quantitative estimate of drug-likeness (QED) is 0.599. The van der Waals surface area contributed by atoms with Crippen LogP contribution >= 0.6 is 0 Å². The highest BCUT2D eigenvalue weighted by Gasteiger charge is 2.52. The number of carbonyl (C=O) groups is 4. The number of amides is 3. The molecule has 39 heavy (non-hydrogen) atoms. The molecule has 12 heteroatoms. The summed E-state index contributed by atoms with van der Waals surface area (Å²) in [7, 11) is 0. The lowest BCUT2D eigenvalue weighted by molar-refractivity contribution is -0.152. The highest BCUT2D eigenvalue weighted by Crippen LogP contribution is 2.47. The zero-order chi connectivity index (χ0) is 27.9. The molecule has 3 aliphatic rings. The number of fused-ring (bicyclic) bond motifs is 2. The van der Waals surface area contributed by atoms with E-state index in [-0.39, 0.29) is 24.3 Å². The van der Waals surface area contributed by atoms with E-state index in [0.717, 1.165) is 4.90 Å². The predicted molar refractivity (Wildman–Crippen MR) is 136 cm³/mol. The number of aliphatic carboxylic acids is 1. The van der Waals surface area contributed by atoms with Gasteiger partial charge in [-0.05, 0) is 51.1 Å². The van der Waals surface area contributed by atoms with Crippen molar-refractivity contribution in [2.75, 3.05) is 31.2 Å². The second kappa shape index (κ2) is 9.86. The van der Waals surface area contributed by atoms with Gasteiger partial charge in [0.25, 0.3) is 5.91 Å². The van der Waals surface area contributed by atoms with Crippen molar-refractivity contribution in [1.82, 2.24) is 10.2 Å². The maximum absolute atomic E-state index is 13.1. The third-order valence-corrected chi connectivity index (χ3v) is 6.48.